The van der Waals surface area contributed by atoms with Gasteiger partial charge < -0.3 is 15.4 Å². The second-order valence-corrected chi connectivity index (χ2v) is 4.60. The number of methoxy groups -OCH3 is 1. The van der Waals surface area contributed by atoms with Crippen molar-refractivity contribution in [1.82, 2.24) is 4.90 Å². The molecule has 0 atom stereocenters. The van der Waals surface area contributed by atoms with Crippen molar-refractivity contribution in [2.24, 2.45) is 5.73 Å². The Labute approximate surface area is 104 Å². The van der Waals surface area contributed by atoms with Crippen molar-refractivity contribution in [1.29, 1.82) is 0 Å². The summed E-state index contributed by atoms with van der Waals surface area (Å²) in [5.74, 6) is 0.979. The molecule has 3 heteroatoms. The molecule has 1 aromatic carbocycles. The maximum absolute atomic E-state index is 5.79. The third kappa shape index (κ3) is 2.99. The molecular formula is C14H22N2O. The summed E-state index contributed by atoms with van der Waals surface area (Å²) in [6, 6.07) is 6.14. The fourth-order valence-electron chi connectivity index (χ4n) is 2.55. The van der Waals surface area contributed by atoms with Gasteiger partial charge in [-0.25, -0.2) is 0 Å². The van der Waals surface area contributed by atoms with Crippen molar-refractivity contribution < 1.29 is 4.74 Å². The number of likely N-dealkylation sites (tertiary alicyclic amines) is 1. The quantitative estimate of drug-likeness (QED) is 0.844. The summed E-state index contributed by atoms with van der Waals surface area (Å²) >= 11 is 0. The van der Waals surface area contributed by atoms with Crippen LogP contribution >= 0.6 is 0 Å². The lowest BCUT2D eigenvalue weighted by molar-refractivity contribution is 0.339. The highest BCUT2D eigenvalue weighted by molar-refractivity contribution is 5.40. The van der Waals surface area contributed by atoms with Gasteiger partial charge >= 0.3 is 0 Å². The van der Waals surface area contributed by atoms with Gasteiger partial charge in [-0.3, -0.25) is 0 Å². The minimum atomic E-state index is 0.590. The second-order valence-electron chi connectivity index (χ2n) is 4.60. The molecule has 3 nitrogen and oxygen atoms in total. The van der Waals surface area contributed by atoms with Gasteiger partial charge in [0.2, 0.25) is 0 Å². The minimum absolute atomic E-state index is 0.590. The van der Waals surface area contributed by atoms with E-state index in [2.05, 4.69) is 11.0 Å². The van der Waals surface area contributed by atoms with E-state index in [0.29, 0.717) is 6.54 Å². The Morgan fingerprint density at radius 1 is 1.29 bits per heavy atom. The maximum atomic E-state index is 5.79. The predicted octanol–water partition coefficient (Wildman–Crippen LogP) is 1.79. The summed E-state index contributed by atoms with van der Waals surface area (Å²) in [4.78, 5) is 2.52. The van der Waals surface area contributed by atoms with Gasteiger partial charge in [-0.15, -0.1) is 0 Å². The normalized spacial score (nSPS) is 16.4. The Bertz CT molecular complexity index is 337. The number of nitrogens with two attached hydrogens (primary N) is 1. The van der Waals surface area contributed by atoms with Crippen LogP contribution in [0.5, 0.6) is 5.75 Å². The summed E-state index contributed by atoms with van der Waals surface area (Å²) in [5.41, 5.74) is 8.28. The molecule has 1 aliphatic heterocycles. The molecule has 1 fully saturated rings. The summed E-state index contributed by atoms with van der Waals surface area (Å²) in [5, 5.41) is 0. The van der Waals surface area contributed by atoms with Crippen LogP contribution in [0.3, 0.4) is 0 Å². The van der Waals surface area contributed by atoms with Crippen LogP contribution < -0.4 is 10.5 Å². The molecule has 0 aliphatic carbocycles. The van der Waals surface area contributed by atoms with Crippen LogP contribution in [0.15, 0.2) is 18.2 Å². The number of nitrogens with zero attached hydrogens (tertiary/aromatic N) is 1. The average molecular weight is 234 g/mol. The van der Waals surface area contributed by atoms with Crippen LogP contribution in [0.2, 0.25) is 0 Å². The van der Waals surface area contributed by atoms with Crippen molar-refractivity contribution >= 4 is 0 Å². The van der Waals surface area contributed by atoms with Gasteiger partial charge in [0.1, 0.15) is 5.75 Å². The fourth-order valence-corrected chi connectivity index (χ4v) is 2.55. The predicted molar refractivity (Wildman–Crippen MR) is 70.3 cm³/mol. The lowest BCUT2D eigenvalue weighted by atomic mass is 10.0. The Balaban J connectivity index is 2.06. The standard InChI is InChI=1S/C14H22N2O/c1-17-14-6-4-5-12(11-15)13(14)7-10-16-8-2-3-9-16/h4-6H,2-3,7-11,15H2,1H3. The van der Waals surface area contributed by atoms with Crippen molar-refractivity contribution in [2.75, 3.05) is 26.7 Å². The SMILES string of the molecule is COc1cccc(CN)c1CCN1CCCC1. The Kier molecular flexibility index (Phi) is 4.40. The van der Waals surface area contributed by atoms with Crippen LogP contribution in [-0.2, 0) is 13.0 Å². The summed E-state index contributed by atoms with van der Waals surface area (Å²) in [6.07, 6.45) is 3.72. The topological polar surface area (TPSA) is 38.5 Å². The molecule has 0 bridgehead atoms. The molecule has 2 N–H and O–H groups in total. The molecule has 0 unspecified atom stereocenters. The number of rotatable bonds is 5. The highest BCUT2D eigenvalue weighted by Crippen LogP contribution is 2.23. The number of hydrogen-bond acceptors (Lipinski definition) is 3. The van der Waals surface area contributed by atoms with Crippen LogP contribution in [0.25, 0.3) is 0 Å². The highest BCUT2D eigenvalue weighted by Gasteiger charge is 2.13. The van der Waals surface area contributed by atoms with Crippen LogP contribution in [-0.4, -0.2) is 31.6 Å². The van der Waals surface area contributed by atoms with Crippen LogP contribution in [0, 0.1) is 0 Å². The molecule has 0 spiro atoms. The van der Waals surface area contributed by atoms with E-state index in [0.717, 1.165) is 18.7 Å². The van der Waals surface area contributed by atoms with Gasteiger partial charge in [-0.2, -0.15) is 0 Å². The van der Waals surface area contributed by atoms with E-state index in [1.165, 1.54) is 37.1 Å². The number of benzene rings is 1. The largest absolute Gasteiger partial charge is 0.496 e. The summed E-state index contributed by atoms with van der Waals surface area (Å²) in [7, 11) is 1.73. The van der Waals surface area contributed by atoms with Crippen molar-refractivity contribution in [2.45, 2.75) is 25.8 Å². The van der Waals surface area contributed by atoms with E-state index >= 15 is 0 Å². The molecule has 2 rings (SSSR count). The molecule has 0 saturated carbocycles. The fraction of sp³-hybridized carbons (Fsp3) is 0.571. The average Bonchev–Trinajstić information content (AvgIpc) is 2.88. The molecular weight excluding hydrogens is 212 g/mol. The maximum Gasteiger partial charge on any atom is 0.122 e. The van der Waals surface area contributed by atoms with Crippen molar-refractivity contribution in [3.63, 3.8) is 0 Å². The van der Waals surface area contributed by atoms with E-state index in [9.17, 15) is 0 Å². The molecule has 1 saturated heterocycles. The highest BCUT2D eigenvalue weighted by atomic mass is 16.5. The van der Waals surface area contributed by atoms with Crippen molar-refractivity contribution in [3.8, 4) is 5.75 Å². The van der Waals surface area contributed by atoms with Gasteiger partial charge in [-0.1, -0.05) is 12.1 Å². The zero-order chi connectivity index (χ0) is 12.1. The first-order valence-corrected chi connectivity index (χ1v) is 6.42. The zero-order valence-corrected chi connectivity index (χ0v) is 10.6. The monoisotopic (exact) mass is 234 g/mol. The second kappa shape index (κ2) is 6.03. The first kappa shape index (κ1) is 12.4. The van der Waals surface area contributed by atoms with Crippen LogP contribution in [0.4, 0.5) is 0 Å². The minimum Gasteiger partial charge on any atom is -0.496 e. The van der Waals surface area contributed by atoms with E-state index in [-0.39, 0.29) is 0 Å². The molecule has 94 valence electrons. The zero-order valence-electron chi connectivity index (χ0n) is 10.6. The lowest BCUT2D eigenvalue weighted by Gasteiger charge is -2.17. The van der Waals surface area contributed by atoms with Gasteiger partial charge in [0.25, 0.3) is 0 Å². The summed E-state index contributed by atoms with van der Waals surface area (Å²) < 4.78 is 5.43. The first-order valence-electron chi connectivity index (χ1n) is 6.42. The molecule has 1 aromatic rings. The Morgan fingerprint density at radius 3 is 2.71 bits per heavy atom. The molecule has 1 aliphatic rings. The number of hydrogen-bond donors (Lipinski definition) is 1. The summed E-state index contributed by atoms with van der Waals surface area (Å²) in [6.45, 7) is 4.19. The van der Waals surface area contributed by atoms with Gasteiger partial charge in [0.15, 0.2) is 0 Å². The number of ether oxygens (including phenoxy) is 1. The molecule has 0 aromatic heterocycles. The van der Waals surface area contributed by atoms with Crippen LogP contribution in [0.1, 0.15) is 24.0 Å². The molecule has 1 heterocycles. The Hall–Kier alpha value is -1.06. The van der Waals surface area contributed by atoms with E-state index in [1.807, 2.05) is 12.1 Å². The first-order chi connectivity index (χ1) is 8.35. The van der Waals surface area contributed by atoms with Crippen molar-refractivity contribution in [3.05, 3.63) is 29.3 Å². The van der Waals surface area contributed by atoms with E-state index < -0.39 is 0 Å². The smallest absolute Gasteiger partial charge is 0.122 e. The van der Waals surface area contributed by atoms with E-state index in [4.69, 9.17) is 10.5 Å². The lowest BCUT2D eigenvalue weighted by Crippen LogP contribution is -2.22. The Morgan fingerprint density at radius 2 is 2.06 bits per heavy atom. The molecule has 0 amide bonds. The third-order valence-corrected chi connectivity index (χ3v) is 3.55. The molecule has 17 heavy (non-hydrogen) atoms. The van der Waals surface area contributed by atoms with Gasteiger partial charge in [0.05, 0.1) is 7.11 Å². The third-order valence-electron chi connectivity index (χ3n) is 3.55. The molecule has 0 radical (unpaired) electrons. The van der Waals surface area contributed by atoms with E-state index in [1.54, 1.807) is 7.11 Å². The van der Waals surface area contributed by atoms with Gasteiger partial charge in [-0.05, 0) is 49.5 Å². The van der Waals surface area contributed by atoms with Gasteiger partial charge in [0, 0.05) is 13.1 Å².